The molecule has 1 aliphatic heterocycles. The normalized spacial score (nSPS) is 16.9. The Balaban J connectivity index is 2.39. The molecular formula is C16H24N2O4S. The van der Waals surface area contributed by atoms with Crippen LogP contribution in [0.4, 0.5) is 5.69 Å². The minimum atomic E-state index is -3.64. The Hall–Kier alpha value is -1.60. The van der Waals surface area contributed by atoms with Crippen molar-refractivity contribution >= 4 is 21.6 Å². The summed E-state index contributed by atoms with van der Waals surface area (Å²) in [6.07, 6.45) is 1.24. The van der Waals surface area contributed by atoms with E-state index in [4.69, 9.17) is 4.74 Å². The number of anilines is 1. The van der Waals surface area contributed by atoms with Crippen molar-refractivity contribution in [3.63, 3.8) is 0 Å². The number of sulfonamides is 1. The van der Waals surface area contributed by atoms with Crippen molar-refractivity contribution in [1.29, 1.82) is 0 Å². The number of hydrogen-bond donors (Lipinski definition) is 1. The molecule has 7 heteroatoms. The molecule has 1 aromatic carbocycles. The van der Waals surface area contributed by atoms with Gasteiger partial charge in [-0.2, -0.15) is 0 Å². The predicted octanol–water partition coefficient (Wildman–Crippen LogP) is 2.14. The summed E-state index contributed by atoms with van der Waals surface area (Å²) in [5.74, 6) is 0.667. The molecule has 128 valence electrons. The van der Waals surface area contributed by atoms with Gasteiger partial charge in [0.1, 0.15) is 5.75 Å². The van der Waals surface area contributed by atoms with Crippen LogP contribution in [0.25, 0.3) is 0 Å². The van der Waals surface area contributed by atoms with Crippen LogP contribution >= 0.6 is 0 Å². The van der Waals surface area contributed by atoms with Gasteiger partial charge < -0.3 is 9.64 Å². The summed E-state index contributed by atoms with van der Waals surface area (Å²) in [6, 6.07) is 4.42. The van der Waals surface area contributed by atoms with Crippen molar-refractivity contribution < 1.29 is 17.9 Å². The summed E-state index contributed by atoms with van der Waals surface area (Å²) in [6.45, 7) is 6.32. The monoisotopic (exact) mass is 340 g/mol. The maximum absolute atomic E-state index is 12.5. The van der Waals surface area contributed by atoms with E-state index in [1.54, 1.807) is 11.0 Å². The smallest absolute Gasteiger partial charge is 0.240 e. The molecule has 1 heterocycles. The first kappa shape index (κ1) is 17.7. The van der Waals surface area contributed by atoms with Crippen LogP contribution < -0.4 is 14.4 Å². The van der Waals surface area contributed by atoms with E-state index in [-0.39, 0.29) is 22.8 Å². The Morgan fingerprint density at radius 3 is 2.48 bits per heavy atom. The third kappa shape index (κ3) is 3.84. The van der Waals surface area contributed by atoms with Gasteiger partial charge in [0, 0.05) is 19.0 Å². The van der Waals surface area contributed by atoms with Crippen LogP contribution in [-0.2, 0) is 14.8 Å². The van der Waals surface area contributed by atoms with E-state index in [9.17, 15) is 13.2 Å². The van der Waals surface area contributed by atoms with Crippen LogP contribution in [0.5, 0.6) is 5.75 Å². The van der Waals surface area contributed by atoms with Gasteiger partial charge >= 0.3 is 0 Å². The van der Waals surface area contributed by atoms with Crippen LogP contribution in [0, 0.1) is 5.92 Å². The molecule has 1 atom stereocenters. The quantitative estimate of drug-likeness (QED) is 0.861. The molecule has 0 saturated carbocycles. The number of amides is 1. The largest absolute Gasteiger partial charge is 0.495 e. The fraction of sp³-hybridized carbons (Fsp3) is 0.562. The van der Waals surface area contributed by atoms with Gasteiger partial charge in [-0.15, -0.1) is 0 Å². The maximum Gasteiger partial charge on any atom is 0.240 e. The zero-order chi connectivity index (χ0) is 17.2. The Morgan fingerprint density at radius 2 is 1.96 bits per heavy atom. The van der Waals surface area contributed by atoms with Crippen molar-refractivity contribution in [1.82, 2.24) is 4.72 Å². The molecule has 1 fully saturated rings. The van der Waals surface area contributed by atoms with Gasteiger partial charge in [0.2, 0.25) is 15.9 Å². The molecule has 1 amide bonds. The van der Waals surface area contributed by atoms with Gasteiger partial charge in [-0.3, -0.25) is 4.79 Å². The topological polar surface area (TPSA) is 75.7 Å². The molecule has 1 N–H and O–H groups in total. The summed E-state index contributed by atoms with van der Waals surface area (Å²) < 4.78 is 33.0. The van der Waals surface area contributed by atoms with Crippen LogP contribution in [0.15, 0.2) is 23.1 Å². The summed E-state index contributed by atoms with van der Waals surface area (Å²) in [5.41, 5.74) is 0.509. The number of methoxy groups -OCH3 is 1. The van der Waals surface area contributed by atoms with Gasteiger partial charge in [-0.25, -0.2) is 13.1 Å². The number of nitrogens with one attached hydrogen (secondary N) is 1. The summed E-state index contributed by atoms with van der Waals surface area (Å²) >= 11 is 0. The lowest BCUT2D eigenvalue weighted by Crippen LogP contribution is -2.36. The SMILES string of the molecule is COc1ccc(S(=O)(=O)N[C@H](C)C(C)C)cc1N1CCCC1=O. The van der Waals surface area contributed by atoms with E-state index >= 15 is 0 Å². The van der Waals surface area contributed by atoms with Crippen LogP contribution in [0.2, 0.25) is 0 Å². The molecule has 0 aromatic heterocycles. The van der Waals surface area contributed by atoms with Crippen molar-refractivity contribution in [2.75, 3.05) is 18.6 Å². The highest BCUT2D eigenvalue weighted by Gasteiger charge is 2.27. The Labute approximate surface area is 137 Å². The third-order valence-electron chi connectivity index (χ3n) is 4.17. The zero-order valence-corrected chi connectivity index (χ0v) is 14.8. The van der Waals surface area contributed by atoms with Gasteiger partial charge in [0.25, 0.3) is 0 Å². The van der Waals surface area contributed by atoms with Crippen LogP contribution in [-0.4, -0.2) is 34.0 Å². The molecule has 0 unspecified atom stereocenters. The number of carbonyl (C=O) groups is 1. The highest BCUT2D eigenvalue weighted by Crippen LogP contribution is 2.33. The Bertz CT molecular complexity index is 685. The second-order valence-electron chi connectivity index (χ2n) is 6.14. The molecule has 23 heavy (non-hydrogen) atoms. The number of rotatable bonds is 6. The molecule has 1 saturated heterocycles. The van der Waals surface area contributed by atoms with E-state index in [0.717, 1.165) is 6.42 Å². The minimum absolute atomic E-state index is 0.0126. The van der Waals surface area contributed by atoms with Crippen molar-refractivity contribution in [2.24, 2.45) is 5.92 Å². The summed E-state index contributed by atoms with van der Waals surface area (Å²) in [5, 5.41) is 0. The van der Waals surface area contributed by atoms with Crippen molar-refractivity contribution in [2.45, 2.75) is 44.6 Å². The summed E-state index contributed by atoms with van der Waals surface area (Å²) in [4.78, 5) is 13.7. The molecule has 1 aliphatic rings. The van der Waals surface area contributed by atoms with E-state index in [2.05, 4.69) is 4.72 Å². The van der Waals surface area contributed by atoms with Gasteiger partial charge in [0.05, 0.1) is 17.7 Å². The molecule has 1 aromatic rings. The van der Waals surface area contributed by atoms with E-state index < -0.39 is 10.0 Å². The highest BCUT2D eigenvalue weighted by molar-refractivity contribution is 7.89. The lowest BCUT2D eigenvalue weighted by molar-refractivity contribution is -0.117. The number of carbonyl (C=O) groups excluding carboxylic acids is 1. The summed E-state index contributed by atoms with van der Waals surface area (Å²) in [7, 11) is -2.14. The molecule has 0 aliphatic carbocycles. The van der Waals surface area contributed by atoms with Gasteiger partial charge in [-0.1, -0.05) is 13.8 Å². The maximum atomic E-state index is 12.5. The molecule has 0 spiro atoms. The Kier molecular flexibility index (Phi) is 5.31. The average molecular weight is 340 g/mol. The molecular weight excluding hydrogens is 316 g/mol. The fourth-order valence-electron chi connectivity index (χ4n) is 2.40. The lowest BCUT2D eigenvalue weighted by atomic mass is 10.1. The van der Waals surface area contributed by atoms with Crippen LogP contribution in [0.3, 0.4) is 0 Å². The van der Waals surface area contributed by atoms with Crippen molar-refractivity contribution in [3.8, 4) is 5.75 Å². The standard InChI is InChI=1S/C16H24N2O4S/c1-11(2)12(3)17-23(20,21)13-7-8-15(22-4)14(10-13)18-9-5-6-16(18)19/h7-8,10-12,17H,5-6,9H2,1-4H3/t12-/m1/s1. The van der Waals surface area contributed by atoms with Crippen molar-refractivity contribution in [3.05, 3.63) is 18.2 Å². The second-order valence-corrected chi connectivity index (χ2v) is 7.85. The second kappa shape index (κ2) is 6.88. The first-order valence-corrected chi connectivity index (χ1v) is 9.25. The van der Waals surface area contributed by atoms with E-state index in [0.29, 0.717) is 24.4 Å². The predicted molar refractivity (Wildman–Crippen MR) is 89.2 cm³/mol. The number of hydrogen-bond acceptors (Lipinski definition) is 4. The number of nitrogens with zero attached hydrogens (tertiary/aromatic N) is 1. The van der Waals surface area contributed by atoms with Gasteiger partial charge in [-0.05, 0) is 37.5 Å². The zero-order valence-electron chi connectivity index (χ0n) is 14.0. The first-order valence-electron chi connectivity index (χ1n) is 7.77. The molecule has 6 nitrogen and oxygen atoms in total. The molecule has 0 bridgehead atoms. The Morgan fingerprint density at radius 1 is 1.26 bits per heavy atom. The molecule has 0 radical (unpaired) electrons. The third-order valence-corrected chi connectivity index (χ3v) is 5.72. The number of ether oxygens (including phenoxy) is 1. The number of benzene rings is 1. The van der Waals surface area contributed by atoms with E-state index in [1.807, 2.05) is 20.8 Å². The van der Waals surface area contributed by atoms with Gasteiger partial charge in [0.15, 0.2) is 0 Å². The molecule has 2 rings (SSSR count). The first-order chi connectivity index (χ1) is 10.8. The van der Waals surface area contributed by atoms with E-state index in [1.165, 1.54) is 19.2 Å². The minimum Gasteiger partial charge on any atom is -0.495 e. The fourth-order valence-corrected chi connectivity index (χ4v) is 3.81. The van der Waals surface area contributed by atoms with Crippen LogP contribution in [0.1, 0.15) is 33.6 Å². The highest BCUT2D eigenvalue weighted by atomic mass is 32.2. The average Bonchev–Trinajstić information content (AvgIpc) is 2.92. The lowest BCUT2D eigenvalue weighted by Gasteiger charge is -2.21.